The molecule has 0 saturated carbocycles. The molecule has 2 rings (SSSR count). The number of allylic oxidation sites excluding steroid dienone is 1. The normalized spacial score (nSPS) is 13.0. The smallest absolute Gasteiger partial charge is 0.244 e. The minimum atomic E-state index is -3.62. The zero-order valence-electron chi connectivity index (χ0n) is 17.4. The molecule has 0 atom stereocenters. The Balaban J connectivity index is 2.43. The number of sulfonamides is 1. The Hall–Kier alpha value is -1.74. The maximum absolute atomic E-state index is 14.0. The summed E-state index contributed by atoms with van der Waals surface area (Å²) in [4.78, 5) is 0.0680. The summed E-state index contributed by atoms with van der Waals surface area (Å²) < 4.78 is 41.5. The molecule has 2 N–H and O–H groups in total. The van der Waals surface area contributed by atoms with Gasteiger partial charge in [-0.15, -0.1) is 0 Å². The highest BCUT2D eigenvalue weighted by Gasteiger charge is 2.22. The first-order valence-electron chi connectivity index (χ1n) is 9.30. The third kappa shape index (κ3) is 5.25. The van der Waals surface area contributed by atoms with Gasteiger partial charge in [-0.2, -0.15) is 5.10 Å². The van der Waals surface area contributed by atoms with Crippen LogP contribution in [0.25, 0.3) is 0 Å². The highest BCUT2D eigenvalue weighted by molar-refractivity contribution is 7.89. The Kier molecular flexibility index (Phi) is 7.62. The Morgan fingerprint density at radius 1 is 1.38 bits per heavy atom. The zero-order valence-corrected chi connectivity index (χ0v) is 19.0. The molecule has 160 valence electrons. The third-order valence-corrected chi connectivity index (χ3v) is 6.92. The quantitative estimate of drug-likeness (QED) is 0.676. The van der Waals surface area contributed by atoms with Gasteiger partial charge < -0.3 is 5.73 Å². The summed E-state index contributed by atoms with van der Waals surface area (Å²) in [5, 5.41) is 4.68. The van der Waals surface area contributed by atoms with Crippen molar-refractivity contribution in [2.45, 2.75) is 44.6 Å². The monoisotopic (exact) mass is 442 g/mol. The van der Waals surface area contributed by atoms with Gasteiger partial charge in [0.15, 0.2) is 0 Å². The van der Waals surface area contributed by atoms with Gasteiger partial charge in [0.25, 0.3) is 0 Å². The number of nitrogens with two attached hydrogens (primary N) is 1. The molecule has 29 heavy (non-hydrogen) atoms. The number of hydrogen-bond acceptors (Lipinski definition) is 4. The average Bonchev–Trinajstić information content (AvgIpc) is 2.89. The first kappa shape index (κ1) is 23.5. The van der Waals surface area contributed by atoms with Crippen LogP contribution in [0.5, 0.6) is 0 Å². The van der Waals surface area contributed by atoms with Crippen LogP contribution in [0.2, 0.25) is 5.02 Å². The molecule has 6 nitrogen and oxygen atoms in total. The number of aryl methyl sites for hydroxylation is 1. The second-order valence-electron chi connectivity index (χ2n) is 7.38. The van der Waals surface area contributed by atoms with Crippen molar-refractivity contribution in [1.29, 1.82) is 0 Å². The first-order valence-corrected chi connectivity index (χ1v) is 11.1. The molecule has 0 spiro atoms. The van der Waals surface area contributed by atoms with E-state index in [-0.39, 0.29) is 34.8 Å². The maximum atomic E-state index is 14.0. The summed E-state index contributed by atoms with van der Waals surface area (Å²) in [6.07, 6.45) is 1.86. The van der Waals surface area contributed by atoms with Crippen molar-refractivity contribution >= 4 is 21.6 Å². The largest absolute Gasteiger partial charge is 0.327 e. The molecule has 0 radical (unpaired) electrons. The lowest BCUT2D eigenvalue weighted by atomic mass is 9.97. The van der Waals surface area contributed by atoms with E-state index in [0.717, 1.165) is 26.8 Å². The van der Waals surface area contributed by atoms with E-state index in [1.54, 1.807) is 16.8 Å². The van der Waals surface area contributed by atoms with Crippen molar-refractivity contribution in [2.24, 2.45) is 5.73 Å². The number of nitrogens with zero attached hydrogens (tertiary/aromatic N) is 3. The van der Waals surface area contributed by atoms with E-state index < -0.39 is 10.0 Å². The molecule has 0 aliphatic heterocycles. The number of halogens is 2. The lowest BCUT2D eigenvalue weighted by Gasteiger charge is -2.15. The minimum Gasteiger partial charge on any atom is -0.327 e. The minimum absolute atomic E-state index is 0.0341. The van der Waals surface area contributed by atoms with E-state index in [0.29, 0.717) is 6.42 Å². The van der Waals surface area contributed by atoms with Crippen molar-refractivity contribution in [3.05, 3.63) is 57.6 Å². The van der Waals surface area contributed by atoms with E-state index in [1.165, 1.54) is 26.2 Å². The van der Waals surface area contributed by atoms with Crippen LogP contribution in [0.15, 0.2) is 35.0 Å². The maximum Gasteiger partial charge on any atom is 0.244 e. The molecule has 1 heterocycles. The van der Waals surface area contributed by atoms with Crippen LogP contribution < -0.4 is 5.73 Å². The number of rotatable bonds is 8. The Bertz CT molecular complexity index is 1010. The van der Waals surface area contributed by atoms with Gasteiger partial charge in [-0.25, -0.2) is 17.1 Å². The van der Waals surface area contributed by atoms with Crippen LogP contribution >= 0.6 is 11.6 Å². The standard InChI is InChI=1S/C20H28ClFN4O2S/c1-13(2)20-17(14(3)24-26(20)12-16(22)8-9-23)10-15-6-7-19(18(21)11-15)29(27,28)25(4)5/h6-8,11,13H,9-10,12,23H2,1-5H3/b16-8-. The van der Waals surface area contributed by atoms with E-state index in [1.807, 2.05) is 20.8 Å². The van der Waals surface area contributed by atoms with Crippen molar-refractivity contribution in [3.63, 3.8) is 0 Å². The molecule has 1 aromatic heterocycles. The van der Waals surface area contributed by atoms with Crippen LogP contribution in [0.1, 0.15) is 42.3 Å². The molecule has 0 unspecified atom stereocenters. The van der Waals surface area contributed by atoms with E-state index in [9.17, 15) is 12.8 Å². The van der Waals surface area contributed by atoms with Gasteiger partial charge >= 0.3 is 0 Å². The fraction of sp³-hybridized carbons (Fsp3) is 0.450. The predicted molar refractivity (Wildman–Crippen MR) is 114 cm³/mol. The molecule has 2 aromatic rings. The van der Waals surface area contributed by atoms with Crippen LogP contribution in [-0.4, -0.2) is 43.1 Å². The van der Waals surface area contributed by atoms with E-state index in [2.05, 4.69) is 5.10 Å². The molecule has 0 bridgehead atoms. The summed E-state index contributed by atoms with van der Waals surface area (Å²) in [5.74, 6) is -0.203. The second-order valence-corrected chi connectivity index (χ2v) is 9.90. The van der Waals surface area contributed by atoms with Gasteiger partial charge in [-0.05, 0) is 36.6 Å². The van der Waals surface area contributed by atoms with Crippen LogP contribution in [0, 0.1) is 6.92 Å². The van der Waals surface area contributed by atoms with Gasteiger partial charge in [-0.1, -0.05) is 31.5 Å². The second kappa shape index (κ2) is 9.38. The highest BCUT2D eigenvalue weighted by atomic mass is 35.5. The predicted octanol–water partition coefficient (Wildman–Crippen LogP) is 3.62. The zero-order chi connectivity index (χ0) is 21.9. The van der Waals surface area contributed by atoms with Gasteiger partial charge in [0.2, 0.25) is 10.0 Å². The van der Waals surface area contributed by atoms with Crippen molar-refractivity contribution in [1.82, 2.24) is 14.1 Å². The molecular formula is C20H28ClFN4O2S. The van der Waals surface area contributed by atoms with Gasteiger partial charge in [-0.3, -0.25) is 4.68 Å². The van der Waals surface area contributed by atoms with E-state index in [4.69, 9.17) is 17.3 Å². The van der Waals surface area contributed by atoms with Gasteiger partial charge in [0, 0.05) is 38.3 Å². The highest BCUT2D eigenvalue weighted by Crippen LogP contribution is 2.29. The third-order valence-electron chi connectivity index (χ3n) is 4.62. The van der Waals surface area contributed by atoms with Crippen molar-refractivity contribution < 1.29 is 12.8 Å². The van der Waals surface area contributed by atoms with Crippen molar-refractivity contribution in [2.75, 3.05) is 20.6 Å². The van der Waals surface area contributed by atoms with Gasteiger partial charge in [0.05, 0.1) is 17.3 Å². The Labute approximate surface area is 177 Å². The number of hydrogen-bond donors (Lipinski definition) is 1. The van der Waals surface area contributed by atoms with Crippen molar-refractivity contribution in [3.8, 4) is 0 Å². The van der Waals surface area contributed by atoms with E-state index >= 15 is 0 Å². The molecule has 9 heteroatoms. The summed E-state index contributed by atoms with van der Waals surface area (Å²) in [5.41, 5.74) is 8.97. The molecule has 0 saturated heterocycles. The molecule has 0 aliphatic rings. The van der Waals surface area contributed by atoms with Crippen LogP contribution in [0.4, 0.5) is 4.39 Å². The van der Waals surface area contributed by atoms with Crippen LogP contribution in [0.3, 0.4) is 0 Å². The summed E-state index contributed by atoms with van der Waals surface area (Å²) in [6, 6.07) is 4.93. The lowest BCUT2D eigenvalue weighted by Crippen LogP contribution is -2.22. The summed E-state index contributed by atoms with van der Waals surface area (Å²) in [7, 11) is -0.689. The summed E-state index contributed by atoms with van der Waals surface area (Å²) in [6.45, 7) is 6.11. The SMILES string of the molecule is Cc1nn(C/C(F)=C/CN)c(C(C)C)c1Cc1ccc(S(=O)(=O)N(C)C)c(Cl)c1. The van der Waals surface area contributed by atoms with Crippen LogP contribution in [-0.2, 0) is 23.0 Å². The molecular weight excluding hydrogens is 415 g/mol. The summed E-state index contributed by atoms with van der Waals surface area (Å²) >= 11 is 6.28. The Morgan fingerprint density at radius 3 is 2.55 bits per heavy atom. The topological polar surface area (TPSA) is 81.2 Å². The number of aromatic nitrogens is 2. The lowest BCUT2D eigenvalue weighted by molar-refractivity contribution is 0.504. The molecule has 0 fully saturated rings. The Morgan fingerprint density at radius 2 is 2.03 bits per heavy atom. The fourth-order valence-corrected chi connectivity index (χ4v) is 4.66. The first-order chi connectivity index (χ1) is 13.5. The average molecular weight is 443 g/mol. The van der Waals surface area contributed by atoms with Gasteiger partial charge in [0.1, 0.15) is 10.7 Å². The number of benzene rings is 1. The fourth-order valence-electron chi connectivity index (χ4n) is 3.22. The molecule has 0 amide bonds. The molecule has 1 aromatic carbocycles. The molecule has 0 aliphatic carbocycles.